The summed E-state index contributed by atoms with van der Waals surface area (Å²) in [6, 6.07) is 31.1. The summed E-state index contributed by atoms with van der Waals surface area (Å²) in [5, 5.41) is 12.2. The molecule has 4 rings (SSSR count). The lowest BCUT2D eigenvalue weighted by Crippen LogP contribution is -2.67. The largest absolute Gasteiger partial charge is 0.379 e. The standard InChI is InChI=1S/C24H25NO/c1-18-22(19-12-6-3-7-13-19)23(25(18)2)24(26,20-14-8-4-9-15-20)21-16-10-5-11-17-21/h3-18,22-23,26H,1-2H3/t18-,22+,23-/m0/s1. The zero-order chi connectivity index (χ0) is 18.1. The molecule has 0 aromatic heterocycles. The van der Waals surface area contributed by atoms with Gasteiger partial charge in [0.2, 0.25) is 0 Å². The molecule has 3 atom stereocenters. The lowest BCUT2D eigenvalue weighted by molar-refractivity contribution is -0.106. The van der Waals surface area contributed by atoms with Crippen LogP contribution in [-0.4, -0.2) is 29.1 Å². The topological polar surface area (TPSA) is 23.5 Å². The molecule has 0 aliphatic carbocycles. The van der Waals surface area contributed by atoms with E-state index >= 15 is 0 Å². The van der Waals surface area contributed by atoms with Gasteiger partial charge in [-0.15, -0.1) is 0 Å². The molecule has 2 heteroatoms. The van der Waals surface area contributed by atoms with Crippen molar-refractivity contribution in [2.75, 3.05) is 7.05 Å². The Morgan fingerprint density at radius 3 is 1.62 bits per heavy atom. The molecule has 1 aliphatic rings. The molecule has 1 aliphatic heterocycles. The van der Waals surface area contributed by atoms with Gasteiger partial charge in [0.05, 0.1) is 6.04 Å². The maximum atomic E-state index is 12.2. The first kappa shape index (κ1) is 17.0. The molecule has 1 fully saturated rings. The van der Waals surface area contributed by atoms with E-state index in [0.717, 1.165) is 11.1 Å². The predicted octanol–water partition coefficient (Wildman–Crippen LogP) is 4.41. The number of aliphatic hydroxyl groups is 1. The fourth-order valence-corrected chi connectivity index (χ4v) is 4.51. The second-order valence-electron chi connectivity index (χ2n) is 7.29. The van der Waals surface area contributed by atoms with Gasteiger partial charge in [-0.2, -0.15) is 0 Å². The molecule has 2 nitrogen and oxygen atoms in total. The van der Waals surface area contributed by atoms with Gasteiger partial charge in [0.25, 0.3) is 0 Å². The molecule has 1 heterocycles. The Balaban J connectivity index is 1.86. The normalized spacial score (nSPS) is 23.4. The van der Waals surface area contributed by atoms with Crippen LogP contribution < -0.4 is 0 Å². The van der Waals surface area contributed by atoms with Gasteiger partial charge < -0.3 is 5.11 Å². The van der Waals surface area contributed by atoms with Gasteiger partial charge >= 0.3 is 0 Å². The van der Waals surface area contributed by atoms with E-state index in [1.54, 1.807) is 0 Å². The van der Waals surface area contributed by atoms with Crippen LogP contribution in [-0.2, 0) is 5.60 Å². The average Bonchev–Trinajstić information content (AvgIpc) is 2.72. The van der Waals surface area contributed by atoms with Crippen molar-refractivity contribution in [2.24, 2.45) is 0 Å². The first-order chi connectivity index (χ1) is 12.6. The minimum atomic E-state index is -1.07. The first-order valence-electron chi connectivity index (χ1n) is 9.24. The predicted molar refractivity (Wildman–Crippen MR) is 106 cm³/mol. The average molecular weight is 343 g/mol. The molecule has 132 valence electrons. The molecule has 0 spiro atoms. The minimum absolute atomic E-state index is 0.0234. The zero-order valence-electron chi connectivity index (χ0n) is 15.3. The van der Waals surface area contributed by atoms with E-state index in [1.165, 1.54) is 5.56 Å². The second kappa shape index (κ2) is 6.71. The Morgan fingerprint density at radius 1 is 0.731 bits per heavy atom. The van der Waals surface area contributed by atoms with Crippen LogP contribution in [0.25, 0.3) is 0 Å². The summed E-state index contributed by atoms with van der Waals surface area (Å²) < 4.78 is 0. The van der Waals surface area contributed by atoms with Crippen LogP contribution in [0.1, 0.15) is 29.5 Å². The van der Waals surface area contributed by atoms with E-state index in [2.05, 4.69) is 43.1 Å². The maximum Gasteiger partial charge on any atom is 0.131 e. The number of rotatable bonds is 4. The van der Waals surface area contributed by atoms with Crippen molar-refractivity contribution in [3.8, 4) is 0 Å². The highest BCUT2D eigenvalue weighted by molar-refractivity contribution is 5.43. The van der Waals surface area contributed by atoms with Gasteiger partial charge in [-0.3, -0.25) is 4.90 Å². The highest BCUT2D eigenvalue weighted by Crippen LogP contribution is 2.50. The summed E-state index contributed by atoms with van der Waals surface area (Å²) in [5.74, 6) is 0.270. The van der Waals surface area contributed by atoms with Crippen molar-refractivity contribution >= 4 is 0 Å². The Kier molecular flexibility index (Phi) is 4.39. The van der Waals surface area contributed by atoms with Crippen LogP contribution in [0.3, 0.4) is 0 Å². The third kappa shape index (κ3) is 2.57. The SMILES string of the molecule is C[C@H]1[C@H](c2ccccc2)[C@@H](C(O)(c2ccccc2)c2ccccc2)N1C. The molecule has 3 aromatic carbocycles. The van der Waals surface area contributed by atoms with Crippen LogP contribution in [0.4, 0.5) is 0 Å². The van der Waals surface area contributed by atoms with E-state index in [-0.39, 0.29) is 12.0 Å². The van der Waals surface area contributed by atoms with Gasteiger partial charge in [0, 0.05) is 12.0 Å². The van der Waals surface area contributed by atoms with E-state index in [0.29, 0.717) is 6.04 Å². The van der Waals surface area contributed by atoms with E-state index < -0.39 is 5.60 Å². The number of benzene rings is 3. The summed E-state index contributed by atoms with van der Waals surface area (Å²) in [7, 11) is 2.12. The van der Waals surface area contributed by atoms with E-state index in [1.807, 2.05) is 66.7 Å². The quantitative estimate of drug-likeness (QED) is 0.758. The van der Waals surface area contributed by atoms with Crippen molar-refractivity contribution in [3.05, 3.63) is 108 Å². The second-order valence-corrected chi connectivity index (χ2v) is 7.29. The molecule has 0 amide bonds. The summed E-state index contributed by atoms with van der Waals surface area (Å²) in [4.78, 5) is 2.30. The highest BCUT2D eigenvalue weighted by Gasteiger charge is 2.56. The molecule has 26 heavy (non-hydrogen) atoms. The Labute approximate surface area is 155 Å². The van der Waals surface area contributed by atoms with Gasteiger partial charge in [0.15, 0.2) is 0 Å². The molecule has 3 aromatic rings. The van der Waals surface area contributed by atoms with Crippen molar-refractivity contribution in [1.29, 1.82) is 0 Å². The third-order valence-corrected chi connectivity index (χ3v) is 5.98. The number of likely N-dealkylation sites (N-methyl/N-ethyl adjacent to an activating group) is 1. The van der Waals surface area contributed by atoms with Crippen LogP contribution in [0, 0.1) is 0 Å². The summed E-state index contributed by atoms with van der Waals surface area (Å²) >= 11 is 0. The molecule has 0 unspecified atom stereocenters. The number of hydrogen-bond donors (Lipinski definition) is 1. The Morgan fingerprint density at radius 2 is 1.15 bits per heavy atom. The van der Waals surface area contributed by atoms with Crippen LogP contribution in [0.15, 0.2) is 91.0 Å². The summed E-state index contributed by atoms with van der Waals surface area (Å²) in [6.45, 7) is 2.24. The smallest absolute Gasteiger partial charge is 0.131 e. The lowest BCUT2D eigenvalue weighted by Gasteiger charge is -2.59. The van der Waals surface area contributed by atoms with Crippen molar-refractivity contribution in [2.45, 2.75) is 30.5 Å². The summed E-state index contributed by atoms with van der Waals surface area (Å²) in [6.07, 6.45) is 0. The van der Waals surface area contributed by atoms with Crippen molar-refractivity contribution < 1.29 is 5.11 Å². The number of hydrogen-bond acceptors (Lipinski definition) is 2. The van der Waals surface area contributed by atoms with Gasteiger partial charge in [-0.05, 0) is 30.7 Å². The Bertz CT molecular complexity index is 808. The van der Waals surface area contributed by atoms with Gasteiger partial charge in [0.1, 0.15) is 5.60 Å². The summed E-state index contributed by atoms with van der Waals surface area (Å²) in [5.41, 5.74) is 2.10. The molecule has 0 radical (unpaired) electrons. The van der Waals surface area contributed by atoms with Crippen LogP contribution in [0.5, 0.6) is 0 Å². The molecular formula is C24H25NO. The molecule has 0 bridgehead atoms. The van der Waals surface area contributed by atoms with Crippen molar-refractivity contribution in [3.63, 3.8) is 0 Å². The monoisotopic (exact) mass is 343 g/mol. The molecular weight excluding hydrogens is 318 g/mol. The molecule has 1 saturated heterocycles. The highest BCUT2D eigenvalue weighted by atomic mass is 16.3. The van der Waals surface area contributed by atoms with Crippen LogP contribution in [0.2, 0.25) is 0 Å². The van der Waals surface area contributed by atoms with Gasteiger partial charge in [-0.25, -0.2) is 0 Å². The Hall–Kier alpha value is -2.42. The number of likely N-dealkylation sites (tertiary alicyclic amines) is 1. The van der Waals surface area contributed by atoms with Crippen LogP contribution >= 0.6 is 0 Å². The fraction of sp³-hybridized carbons (Fsp3) is 0.250. The van der Waals surface area contributed by atoms with Gasteiger partial charge in [-0.1, -0.05) is 91.0 Å². The number of nitrogens with zero attached hydrogens (tertiary/aromatic N) is 1. The zero-order valence-corrected chi connectivity index (χ0v) is 15.3. The lowest BCUT2D eigenvalue weighted by atomic mass is 9.64. The molecule has 0 saturated carbocycles. The molecule has 1 N–H and O–H groups in total. The fourth-order valence-electron chi connectivity index (χ4n) is 4.51. The van der Waals surface area contributed by atoms with Crippen molar-refractivity contribution in [1.82, 2.24) is 4.90 Å². The minimum Gasteiger partial charge on any atom is -0.379 e. The van der Waals surface area contributed by atoms with E-state index in [4.69, 9.17) is 0 Å². The first-order valence-corrected chi connectivity index (χ1v) is 9.24. The van der Waals surface area contributed by atoms with E-state index in [9.17, 15) is 5.11 Å². The maximum absolute atomic E-state index is 12.2. The third-order valence-electron chi connectivity index (χ3n) is 5.98.